The van der Waals surface area contributed by atoms with Crippen molar-refractivity contribution in [3.05, 3.63) is 29.8 Å². The molecule has 0 saturated carbocycles. The van der Waals surface area contributed by atoms with Crippen molar-refractivity contribution in [1.29, 1.82) is 0 Å². The van der Waals surface area contributed by atoms with E-state index in [2.05, 4.69) is 20.8 Å². The zero-order valence-electron chi connectivity index (χ0n) is 12.7. The molecule has 0 aliphatic heterocycles. The molecule has 112 valence electrons. The molecule has 0 radical (unpaired) electrons. The monoisotopic (exact) mass is 296 g/mol. The Morgan fingerprint density at radius 3 is 2.30 bits per heavy atom. The lowest BCUT2D eigenvalue weighted by Gasteiger charge is -2.14. The van der Waals surface area contributed by atoms with Gasteiger partial charge in [-0.05, 0) is 30.0 Å². The Kier molecular flexibility index (Phi) is 6.93. The molecule has 4 heteroatoms. The van der Waals surface area contributed by atoms with E-state index in [-0.39, 0.29) is 5.97 Å². The predicted octanol–water partition coefficient (Wildman–Crippen LogP) is 3.65. The average Bonchev–Trinajstić information content (AvgIpc) is 2.47. The van der Waals surface area contributed by atoms with Crippen LogP contribution in [0.15, 0.2) is 29.2 Å². The van der Waals surface area contributed by atoms with Crippen LogP contribution < -0.4 is 0 Å². The summed E-state index contributed by atoms with van der Waals surface area (Å²) in [5, 5.41) is -0.565. The summed E-state index contributed by atoms with van der Waals surface area (Å²) in [4.78, 5) is 12.5. The van der Waals surface area contributed by atoms with Crippen LogP contribution in [-0.2, 0) is 20.3 Å². The third-order valence-electron chi connectivity index (χ3n) is 3.32. The van der Waals surface area contributed by atoms with Gasteiger partial charge in [-0.25, -0.2) is 0 Å². The second-order valence-corrected chi connectivity index (χ2v) is 6.81. The Labute approximate surface area is 124 Å². The first-order valence-corrected chi connectivity index (χ1v) is 8.30. The van der Waals surface area contributed by atoms with Gasteiger partial charge in [-0.2, -0.15) is 0 Å². The van der Waals surface area contributed by atoms with E-state index in [9.17, 15) is 9.00 Å². The fourth-order valence-electron chi connectivity index (χ4n) is 1.98. The molecule has 0 fully saturated rings. The quantitative estimate of drug-likeness (QED) is 0.721. The lowest BCUT2D eigenvalue weighted by molar-refractivity contribution is -0.140. The first-order valence-electron chi connectivity index (χ1n) is 7.09. The lowest BCUT2D eigenvalue weighted by atomic mass is 10.0. The van der Waals surface area contributed by atoms with Gasteiger partial charge in [0.05, 0.1) is 17.9 Å². The van der Waals surface area contributed by atoms with Gasteiger partial charge in [0.2, 0.25) is 0 Å². The molecule has 1 rings (SSSR count). The molecule has 0 aromatic heterocycles. The molecular formula is C16H24O3S. The molecule has 1 aromatic carbocycles. The van der Waals surface area contributed by atoms with E-state index in [0.717, 1.165) is 12.8 Å². The van der Waals surface area contributed by atoms with E-state index in [1.165, 1.54) is 12.7 Å². The van der Waals surface area contributed by atoms with Gasteiger partial charge in [-0.3, -0.25) is 9.00 Å². The number of carbonyl (C=O) groups excluding carboxylic acids is 1. The average molecular weight is 296 g/mol. The van der Waals surface area contributed by atoms with Gasteiger partial charge < -0.3 is 4.74 Å². The van der Waals surface area contributed by atoms with Crippen molar-refractivity contribution in [2.75, 3.05) is 7.11 Å². The summed E-state index contributed by atoms with van der Waals surface area (Å²) in [5.41, 5.74) is 1.20. The van der Waals surface area contributed by atoms with E-state index in [0.29, 0.717) is 17.2 Å². The van der Waals surface area contributed by atoms with Crippen molar-refractivity contribution in [2.24, 2.45) is 0 Å². The molecule has 0 heterocycles. The highest BCUT2D eigenvalue weighted by molar-refractivity contribution is 7.86. The van der Waals surface area contributed by atoms with Crippen LogP contribution in [0, 0.1) is 0 Å². The van der Waals surface area contributed by atoms with Gasteiger partial charge >= 0.3 is 5.97 Å². The van der Waals surface area contributed by atoms with E-state index >= 15 is 0 Å². The van der Waals surface area contributed by atoms with Gasteiger partial charge in [-0.15, -0.1) is 0 Å². The highest BCUT2D eigenvalue weighted by Gasteiger charge is 2.26. The number of carbonyl (C=O) groups is 1. The predicted molar refractivity (Wildman–Crippen MR) is 82.3 cm³/mol. The summed E-state index contributed by atoms with van der Waals surface area (Å²) in [5.74, 6) is 0.0544. The maximum atomic E-state index is 12.5. The van der Waals surface area contributed by atoms with Gasteiger partial charge in [0.1, 0.15) is 5.25 Å². The second-order valence-electron chi connectivity index (χ2n) is 5.18. The highest BCUT2D eigenvalue weighted by Crippen LogP contribution is 2.20. The fourth-order valence-corrected chi connectivity index (χ4v) is 3.37. The van der Waals surface area contributed by atoms with Crippen LogP contribution in [0.25, 0.3) is 0 Å². The largest absolute Gasteiger partial charge is 0.468 e. The molecule has 1 aromatic rings. The standard InChI is InChI=1S/C16H24O3S/c1-5-6-7-15(16(17)19-4)20(18)14-10-8-13(9-11-14)12(2)3/h8-12,15H,5-7H2,1-4H3. The van der Waals surface area contributed by atoms with Gasteiger partial charge in [0.15, 0.2) is 0 Å². The van der Waals surface area contributed by atoms with Crippen LogP contribution in [-0.4, -0.2) is 22.5 Å². The number of hydrogen-bond acceptors (Lipinski definition) is 3. The molecule has 0 amide bonds. The van der Waals surface area contributed by atoms with Crippen LogP contribution >= 0.6 is 0 Å². The number of ether oxygens (including phenoxy) is 1. The Bertz CT molecular complexity index is 451. The zero-order valence-corrected chi connectivity index (χ0v) is 13.5. The van der Waals surface area contributed by atoms with Crippen LogP contribution in [0.3, 0.4) is 0 Å². The third-order valence-corrected chi connectivity index (χ3v) is 5.00. The first kappa shape index (κ1) is 16.9. The summed E-state index contributed by atoms with van der Waals surface area (Å²) in [6.07, 6.45) is 2.44. The molecular weight excluding hydrogens is 272 g/mol. The van der Waals surface area contributed by atoms with Crippen LogP contribution in [0.4, 0.5) is 0 Å². The number of rotatable bonds is 7. The summed E-state index contributed by atoms with van der Waals surface area (Å²) in [6, 6.07) is 7.67. The molecule has 2 atom stereocenters. The molecule has 0 saturated heterocycles. The normalized spacial score (nSPS) is 14.1. The maximum absolute atomic E-state index is 12.5. The molecule has 20 heavy (non-hydrogen) atoms. The highest BCUT2D eigenvalue weighted by atomic mass is 32.2. The number of unbranched alkanes of at least 4 members (excludes halogenated alkanes) is 1. The van der Waals surface area contributed by atoms with E-state index in [1.807, 2.05) is 24.3 Å². The maximum Gasteiger partial charge on any atom is 0.321 e. The van der Waals surface area contributed by atoms with Gasteiger partial charge in [0, 0.05) is 4.90 Å². The Hall–Kier alpha value is -1.16. The Morgan fingerprint density at radius 1 is 1.25 bits per heavy atom. The Morgan fingerprint density at radius 2 is 1.85 bits per heavy atom. The number of hydrogen-bond donors (Lipinski definition) is 0. The van der Waals surface area contributed by atoms with Crippen molar-refractivity contribution >= 4 is 16.8 Å². The van der Waals surface area contributed by atoms with Gasteiger partial charge in [-0.1, -0.05) is 45.7 Å². The summed E-state index contributed by atoms with van der Waals surface area (Å²) in [6.45, 7) is 6.28. The molecule has 0 aliphatic rings. The molecule has 0 aliphatic carbocycles. The Balaban J connectivity index is 2.90. The van der Waals surface area contributed by atoms with Crippen molar-refractivity contribution in [2.45, 2.75) is 56.1 Å². The molecule has 2 unspecified atom stereocenters. The lowest BCUT2D eigenvalue weighted by Crippen LogP contribution is -2.27. The van der Waals surface area contributed by atoms with Gasteiger partial charge in [0.25, 0.3) is 0 Å². The minimum Gasteiger partial charge on any atom is -0.468 e. The van der Waals surface area contributed by atoms with Crippen molar-refractivity contribution < 1.29 is 13.7 Å². The summed E-state index contributed by atoms with van der Waals surface area (Å²) in [7, 11) is -0.00113. The van der Waals surface area contributed by atoms with Crippen LogP contribution in [0.5, 0.6) is 0 Å². The van der Waals surface area contributed by atoms with Crippen molar-refractivity contribution in [1.82, 2.24) is 0 Å². The van der Waals surface area contributed by atoms with E-state index in [1.54, 1.807) is 0 Å². The third kappa shape index (κ3) is 4.44. The minimum absolute atomic E-state index is 0.385. The van der Waals surface area contributed by atoms with Crippen molar-refractivity contribution in [3.63, 3.8) is 0 Å². The second kappa shape index (κ2) is 8.20. The first-order chi connectivity index (χ1) is 9.51. The van der Waals surface area contributed by atoms with Crippen LogP contribution in [0.2, 0.25) is 0 Å². The summed E-state index contributed by atoms with van der Waals surface area (Å²) >= 11 is 0. The minimum atomic E-state index is -1.35. The number of esters is 1. The fraction of sp³-hybridized carbons (Fsp3) is 0.562. The van der Waals surface area contributed by atoms with E-state index in [4.69, 9.17) is 4.74 Å². The number of methoxy groups -OCH3 is 1. The van der Waals surface area contributed by atoms with Crippen LogP contribution in [0.1, 0.15) is 51.5 Å². The van der Waals surface area contributed by atoms with E-state index < -0.39 is 16.0 Å². The molecule has 0 bridgehead atoms. The van der Waals surface area contributed by atoms with Crippen molar-refractivity contribution in [3.8, 4) is 0 Å². The SMILES string of the molecule is CCCCC(C(=O)OC)S(=O)c1ccc(C(C)C)cc1. The molecule has 0 spiro atoms. The molecule has 0 N–H and O–H groups in total. The summed E-state index contributed by atoms with van der Waals surface area (Å²) < 4.78 is 17.3. The number of benzene rings is 1. The smallest absolute Gasteiger partial charge is 0.321 e. The molecule has 3 nitrogen and oxygen atoms in total. The zero-order chi connectivity index (χ0) is 15.1. The topological polar surface area (TPSA) is 43.4 Å².